The maximum absolute atomic E-state index is 5.58. The molecule has 1 fully saturated rings. The highest BCUT2D eigenvalue weighted by Gasteiger charge is 2.37. The summed E-state index contributed by atoms with van der Waals surface area (Å²) in [6, 6.07) is 1.97. The minimum Gasteiger partial charge on any atom is -0.376 e. The average Bonchev–Trinajstić information content (AvgIpc) is 2.44. The first-order valence-corrected chi connectivity index (χ1v) is 5.72. The number of hydrogen-bond donors (Lipinski definition) is 1. The maximum Gasteiger partial charge on any atom is 0.223 e. The van der Waals surface area contributed by atoms with Crippen molar-refractivity contribution < 1.29 is 4.74 Å². The van der Waals surface area contributed by atoms with Crippen molar-refractivity contribution in [2.24, 2.45) is 0 Å². The molecule has 0 aliphatic carbocycles. The molecule has 1 saturated heterocycles. The molecule has 88 valence electrons. The summed E-state index contributed by atoms with van der Waals surface area (Å²) in [6.45, 7) is 9.01. The molecular weight excluding hydrogens is 202 g/mol. The molecule has 1 aliphatic rings. The summed E-state index contributed by atoms with van der Waals surface area (Å²) in [7, 11) is 0. The predicted octanol–water partition coefficient (Wildman–Crippen LogP) is 2.07. The van der Waals surface area contributed by atoms with Gasteiger partial charge in [0.15, 0.2) is 0 Å². The Bertz CT molecular complexity index is 374. The van der Waals surface area contributed by atoms with Gasteiger partial charge in [-0.25, -0.2) is 9.97 Å². The Kier molecular flexibility index (Phi) is 2.84. The molecule has 1 aromatic heterocycles. The largest absolute Gasteiger partial charge is 0.376 e. The van der Waals surface area contributed by atoms with E-state index in [-0.39, 0.29) is 11.6 Å². The molecular formula is C12H19N3O. The van der Waals surface area contributed by atoms with Crippen LogP contribution >= 0.6 is 0 Å². The molecule has 0 radical (unpaired) electrons. The third-order valence-electron chi connectivity index (χ3n) is 3.27. The third kappa shape index (κ3) is 2.16. The Morgan fingerprint density at radius 3 is 2.50 bits per heavy atom. The van der Waals surface area contributed by atoms with Crippen LogP contribution < -0.4 is 5.32 Å². The second-order valence-corrected chi connectivity index (χ2v) is 4.78. The van der Waals surface area contributed by atoms with Crippen molar-refractivity contribution in [2.75, 3.05) is 11.9 Å². The van der Waals surface area contributed by atoms with Crippen LogP contribution in [0.1, 0.15) is 31.7 Å². The molecule has 0 amide bonds. The van der Waals surface area contributed by atoms with Crippen molar-refractivity contribution in [3.8, 4) is 0 Å². The monoisotopic (exact) mass is 221 g/mol. The molecule has 0 bridgehead atoms. The molecule has 0 aromatic carbocycles. The summed E-state index contributed by atoms with van der Waals surface area (Å²) < 4.78 is 5.58. The summed E-state index contributed by atoms with van der Waals surface area (Å²) in [5.74, 6) is 0.706. The molecule has 16 heavy (non-hydrogen) atoms. The van der Waals surface area contributed by atoms with Crippen LogP contribution in [0.3, 0.4) is 0 Å². The SMILES string of the molecule is Cc1cc(C)nc(NC2(C)CCOC2C)n1. The quantitative estimate of drug-likeness (QED) is 0.830. The molecule has 1 aromatic rings. The van der Waals surface area contributed by atoms with E-state index in [0.717, 1.165) is 24.4 Å². The van der Waals surface area contributed by atoms with Crippen LogP contribution in [0.4, 0.5) is 5.95 Å². The van der Waals surface area contributed by atoms with Crippen molar-refractivity contribution >= 4 is 5.95 Å². The fraction of sp³-hybridized carbons (Fsp3) is 0.667. The average molecular weight is 221 g/mol. The molecule has 2 heterocycles. The maximum atomic E-state index is 5.58. The Morgan fingerprint density at radius 2 is 2.00 bits per heavy atom. The van der Waals surface area contributed by atoms with Gasteiger partial charge in [0.1, 0.15) is 0 Å². The van der Waals surface area contributed by atoms with Gasteiger partial charge in [0.05, 0.1) is 11.6 Å². The third-order valence-corrected chi connectivity index (χ3v) is 3.27. The lowest BCUT2D eigenvalue weighted by Crippen LogP contribution is -2.41. The molecule has 1 N–H and O–H groups in total. The van der Waals surface area contributed by atoms with Gasteiger partial charge in [-0.3, -0.25) is 0 Å². The van der Waals surface area contributed by atoms with Gasteiger partial charge in [0.2, 0.25) is 5.95 Å². The van der Waals surface area contributed by atoms with Crippen LogP contribution in [-0.4, -0.2) is 28.2 Å². The lowest BCUT2D eigenvalue weighted by atomic mass is 9.95. The van der Waals surface area contributed by atoms with Gasteiger partial charge in [-0.15, -0.1) is 0 Å². The van der Waals surface area contributed by atoms with Crippen molar-refractivity contribution in [3.05, 3.63) is 17.5 Å². The van der Waals surface area contributed by atoms with Crippen molar-refractivity contribution in [2.45, 2.75) is 45.8 Å². The first-order valence-electron chi connectivity index (χ1n) is 5.72. The normalized spacial score (nSPS) is 29.4. The van der Waals surface area contributed by atoms with Crippen LogP contribution in [0.2, 0.25) is 0 Å². The second kappa shape index (κ2) is 4.01. The lowest BCUT2D eigenvalue weighted by Gasteiger charge is -2.29. The smallest absolute Gasteiger partial charge is 0.223 e. The first kappa shape index (κ1) is 11.3. The molecule has 2 rings (SSSR count). The standard InChI is InChI=1S/C12H19N3O/c1-8-7-9(2)14-11(13-8)15-12(4)5-6-16-10(12)3/h7,10H,5-6H2,1-4H3,(H,13,14,15). The van der Waals surface area contributed by atoms with Gasteiger partial charge < -0.3 is 10.1 Å². The fourth-order valence-electron chi connectivity index (χ4n) is 2.04. The topological polar surface area (TPSA) is 47.0 Å². The zero-order chi connectivity index (χ0) is 11.8. The number of aromatic nitrogens is 2. The van der Waals surface area contributed by atoms with Crippen molar-refractivity contribution in [1.29, 1.82) is 0 Å². The van der Waals surface area contributed by atoms with Crippen molar-refractivity contribution in [1.82, 2.24) is 9.97 Å². The predicted molar refractivity (Wildman–Crippen MR) is 63.6 cm³/mol. The van der Waals surface area contributed by atoms with Gasteiger partial charge in [0.25, 0.3) is 0 Å². The van der Waals surface area contributed by atoms with Crippen LogP contribution in [0.5, 0.6) is 0 Å². The van der Waals surface area contributed by atoms with E-state index in [1.807, 2.05) is 19.9 Å². The number of nitrogens with one attached hydrogen (secondary N) is 1. The molecule has 2 atom stereocenters. The van der Waals surface area contributed by atoms with E-state index in [1.165, 1.54) is 0 Å². The molecule has 2 unspecified atom stereocenters. The summed E-state index contributed by atoms with van der Waals surface area (Å²) >= 11 is 0. The van der Waals surface area contributed by atoms with E-state index in [0.29, 0.717) is 5.95 Å². The first-order chi connectivity index (χ1) is 7.49. The van der Waals surface area contributed by atoms with E-state index >= 15 is 0 Å². The number of ether oxygens (including phenoxy) is 1. The van der Waals surface area contributed by atoms with Crippen molar-refractivity contribution in [3.63, 3.8) is 0 Å². The Labute approximate surface area is 96.4 Å². The van der Waals surface area contributed by atoms with E-state index in [9.17, 15) is 0 Å². The molecule has 1 aliphatic heterocycles. The minimum atomic E-state index is -0.0553. The minimum absolute atomic E-state index is 0.0553. The summed E-state index contributed by atoms with van der Waals surface area (Å²) in [4.78, 5) is 8.80. The number of rotatable bonds is 2. The van der Waals surface area contributed by atoms with Crippen LogP contribution in [0.15, 0.2) is 6.07 Å². The number of anilines is 1. The number of hydrogen-bond acceptors (Lipinski definition) is 4. The van der Waals surface area contributed by atoms with E-state index in [2.05, 4.69) is 29.1 Å². The fourth-order valence-corrected chi connectivity index (χ4v) is 2.04. The molecule has 0 saturated carbocycles. The van der Waals surface area contributed by atoms with Gasteiger partial charge in [0, 0.05) is 18.0 Å². The Morgan fingerprint density at radius 1 is 1.38 bits per heavy atom. The zero-order valence-electron chi connectivity index (χ0n) is 10.4. The second-order valence-electron chi connectivity index (χ2n) is 4.78. The van der Waals surface area contributed by atoms with Gasteiger partial charge >= 0.3 is 0 Å². The molecule has 4 nitrogen and oxygen atoms in total. The Hall–Kier alpha value is -1.16. The number of aryl methyl sites for hydroxylation is 2. The lowest BCUT2D eigenvalue weighted by molar-refractivity contribution is 0.105. The molecule has 0 spiro atoms. The van der Waals surface area contributed by atoms with E-state index < -0.39 is 0 Å². The summed E-state index contributed by atoms with van der Waals surface area (Å²) in [5.41, 5.74) is 1.93. The van der Waals surface area contributed by atoms with Gasteiger partial charge in [-0.05, 0) is 40.2 Å². The summed E-state index contributed by atoms with van der Waals surface area (Å²) in [6.07, 6.45) is 1.18. The Balaban J connectivity index is 2.20. The highest BCUT2D eigenvalue weighted by Crippen LogP contribution is 2.28. The van der Waals surface area contributed by atoms with Crippen LogP contribution in [0.25, 0.3) is 0 Å². The summed E-state index contributed by atoms with van der Waals surface area (Å²) in [5, 5.41) is 3.40. The van der Waals surface area contributed by atoms with E-state index in [1.54, 1.807) is 0 Å². The number of nitrogens with zero attached hydrogens (tertiary/aromatic N) is 2. The molecule has 4 heteroatoms. The van der Waals surface area contributed by atoms with Crippen LogP contribution in [-0.2, 0) is 4.74 Å². The zero-order valence-corrected chi connectivity index (χ0v) is 10.4. The van der Waals surface area contributed by atoms with Gasteiger partial charge in [-0.2, -0.15) is 0 Å². The highest BCUT2D eigenvalue weighted by molar-refractivity contribution is 5.32. The van der Waals surface area contributed by atoms with E-state index in [4.69, 9.17) is 4.74 Å². The van der Waals surface area contributed by atoms with Gasteiger partial charge in [-0.1, -0.05) is 0 Å². The van der Waals surface area contributed by atoms with Crippen LogP contribution in [0, 0.1) is 13.8 Å². The highest BCUT2D eigenvalue weighted by atomic mass is 16.5.